The molecular formula is C8H13N3O. The van der Waals surface area contributed by atoms with Crippen molar-refractivity contribution in [2.45, 2.75) is 32.1 Å². The van der Waals surface area contributed by atoms with E-state index in [-0.39, 0.29) is 6.01 Å². The van der Waals surface area contributed by atoms with Crippen LogP contribution in [0.5, 0.6) is 0 Å². The van der Waals surface area contributed by atoms with Gasteiger partial charge >= 0.3 is 6.01 Å². The van der Waals surface area contributed by atoms with E-state index in [1.165, 1.54) is 6.42 Å². The molecule has 4 nitrogen and oxygen atoms in total. The van der Waals surface area contributed by atoms with Crippen molar-refractivity contribution in [2.24, 2.45) is 5.92 Å². The first-order valence-electron chi connectivity index (χ1n) is 4.34. The molecule has 0 radical (unpaired) electrons. The first-order valence-corrected chi connectivity index (χ1v) is 4.34. The van der Waals surface area contributed by atoms with Crippen molar-refractivity contribution >= 4 is 6.01 Å². The Hall–Kier alpha value is -1.06. The lowest BCUT2D eigenvalue weighted by molar-refractivity contribution is 0.452. The maximum atomic E-state index is 5.34. The number of aromatic nitrogens is 2. The van der Waals surface area contributed by atoms with Crippen molar-refractivity contribution in [1.82, 2.24) is 10.2 Å². The number of hydrogen-bond acceptors (Lipinski definition) is 4. The summed E-state index contributed by atoms with van der Waals surface area (Å²) in [5.74, 6) is 1.95. The Kier molecular flexibility index (Phi) is 1.75. The second-order valence-corrected chi connectivity index (χ2v) is 3.59. The molecular weight excluding hydrogens is 154 g/mol. The van der Waals surface area contributed by atoms with Crippen LogP contribution in [-0.2, 0) is 0 Å². The number of rotatable bonds is 1. The minimum atomic E-state index is 0.185. The van der Waals surface area contributed by atoms with Gasteiger partial charge in [0, 0.05) is 5.92 Å². The minimum absolute atomic E-state index is 0.185. The zero-order chi connectivity index (χ0) is 8.55. The van der Waals surface area contributed by atoms with Gasteiger partial charge in [0.15, 0.2) is 0 Å². The monoisotopic (exact) mass is 167 g/mol. The molecule has 1 saturated carbocycles. The maximum Gasteiger partial charge on any atom is 0.312 e. The number of hydrogen-bond donors (Lipinski definition) is 1. The van der Waals surface area contributed by atoms with Gasteiger partial charge in [0.1, 0.15) is 0 Å². The second-order valence-electron chi connectivity index (χ2n) is 3.59. The van der Waals surface area contributed by atoms with E-state index < -0.39 is 0 Å². The second kappa shape index (κ2) is 2.77. The van der Waals surface area contributed by atoms with Crippen molar-refractivity contribution < 1.29 is 4.42 Å². The molecule has 0 unspecified atom stereocenters. The van der Waals surface area contributed by atoms with Crippen LogP contribution in [0.25, 0.3) is 0 Å². The fourth-order valence-electron chi connectivity index (χ4n) is 1.84. The molecule has 4 heteroatoms. The smallest absolute Gasteiger partial charge is 0.312 e. The molecule has 1 aliphatic rings. The molecule has 1 heterocycles. The predicted molar refractivity (Wildman–Crippen MR) is 44.5 cm³/mol. The van der Waals surface area contributed by atoms with Crippen molar-refractivity contribution in [3.05, 3.63) is 5.89 Å². The lowest BCUT2D eigenvalue weighted by atomic mass is 10.1. The summed E-state index contributed by atoms with van der Waals surface area (Å²) >= 11 is 0. The van der Waals surface area contributed by atoms with Gasteiger partial charge in [0.05, 0.1) is 0 Å². The van der Waals surface area contributed by atoms with E-state index in [2.05, 4.69) is 17.1 Å². The zero-order valence-corrected chi connectivity index (χ0v) is 7.16. The van der Waals surface area contributed by atoms with Crippen LogP contribution >= 0.6 is 0 Å². The fourth-order valence-corrected chi connectivity index (χ4v) is 1.84. The summed E-state index contributed by atoms with van der Waals surface area (Å²) in [7, 11) is 0. The molecule has 0 spiro atoms. The van der Waals surface area contributed by atoms with Crippen LogP contribution in [0.3, 0.4) is 0 Å². The summed E-state index contributed by atoms with van der Waals surface area (Å²) < 4.78 is 5.17. The van der Waals surface area contributed by atoms with Crippen LogP contribution in [0.2, 0.25) is 0 Å². The molecule has 0 bridgehead atoms. The van der Waals surface area contributed by atoms with Gasteiger partial charge in [-0.1, -0.05) is 12.0 Å². The van der Waals surface area contributed by atoms with Gasteiger partial charge in [0.25, 0.3) is 0 Å². The molecule has 2 atom stereocenters. The molecule has 1 aromatic rings. The molecule has 0 amide bonds. The quantitative estimate of drug-likeness (QED) is 0.689. The first-order chi connectivity index (χ1) is 5.75. The third-order valence-electron chi connectivity index (χ3n) is 2.50. The molecule has 1 fully saturated rings. The van der Waals surface area contributed by atoms with E-state index in [0.29, 0.717) is 5.92 Å². The van der Waals surface area contributed by atoms with E-state index >= 15 is 0 Å². The van der Waals surface area contributed by atoms with Gasteiger partial charge in [0.2, 0.25) is 5.89 Å². The van der Waals surface area contributed by atoms with Crippen LogP contribution in [-0.4, -0.2) is 10.2 Å². The Labute approximate surface area is 71.2 Å². The van der Waals surface area contributed by atoms with Crippen LogP contribution in [0.1, 0.15) is 38.0 Å². The standard InChI is InChI=1S/C8H13N3O/c1-5-2-3-6(4-5)7-10-11-8(9)12-7/h5-6H,2-4H2,1H3,(H2,9,11)/t5-,6-/m0/s1. The lowest BCUT2D eigenvalue weighted by Gasteiger charge is -2.01. The topological polar surface area (TPSA) is 64.9 Å². The molecule has 1 aliphatic carbocycles. The van der Waals surface area contributed by atoms with E-state index in [0.717, 1.165) is 24.7 Å². The van der Waals surface area contributed by atoms with E-state index in [9.17, 15) is 0 Å². The van der Waals surface area contributed by atoms with Gasteiger partial charge in [-0.15, -0.1) is 5.10 Å². The summed E-state index contributed by atoms with van der Waals surface area (Å²) in [6.07, 6.45) is 3.57. The average molecular weight is 167 g/mol. The van der Waals surface area contributed by atoms with Gasteiger partial charge < -0.3 is 10.2 Å². The molecule has 2 rings (SSSR count). The molecule has 0 saturated heterocycles. The summed E-state index contributed by atoms with van der Waals surface area (Å²) in [6.45, 7) is 2.25. The van der Waals surface area contributed by atoms with Crippen LogP contribution < -0.4 is 5.73 Å². The predicted octanol–water partition coefficient (Wildman–Crippen LogP) is 1.56. The lowest BCUT2D eigenvalue weighted by Crippen LogP contribution is -1.93. The Bertz CT molecular complexity index is 271. The summed E-state index contributed by atoms with van der Waals surface area (Å²) in [6, 6.07) is 0.185. The Morgan fingerprint density at radius 2 is 2.25 bits per heavy atom. The van der Waals surface area contributed by atoms with Gasteiger partial charge in [-0.2, -0.15) is 0 Å². The third kappa shape index (κ3) is 1.29. The highest BCUT2D eigenvalue weighted by Crippen LogP contribution is 2.37. The highest BCUT2D eigenvalue weighted by molar-refractivity contribution is 5.07. The van der Waals surface area contributed by atoms with Crippen molar-refractivity contribution in [3.63, 3.8) is 0 Å². The highest BCUT2D eigenvalue weighted by atomic mass is 16.4. The Morgan fingerprint density at radius 1 is 1.42 bits per heavy atom. The number of nitrogens with two attached hydrogens (primary N) is 1. The highest BCUT2D eigenvalue weighted by Gasteiger charge is 2.26. The largest absolute Gasteiger partial charge is 0.408 e. The van der Waals surface area contributed by atoms with Crippen LogP contribution in [0.15, 0.2) is 4.42 Å². The number of nitrogen functional groups attached to an aromatic ring is 1. The van der Waals surface area contributed by atoms with Crippen molar-refractivity contribution in [3.8, 4) is 0 Å². The van der Waals surface area contributed by atoms with Gasteiger partial charge in [-0.3, -0.25) is 0 Å². The first kappa shape index (κ1) is 7.58. The van der Waals surface area contributed by atoms with Gasteiger partial charge in [-0.05, 0) is 25.2 Å². The minimum Gasteiger partial charge on any atom is -0.408 e. The van der Waals surface area contributed by atoms with Crippen LogP contribution in [0, 0.1) is 5.92 Å². The maximum absolute atomic E-state index is 5.34. The summed E-state index contributed by atoms with van der Waals surface area (Å²) in [5, 5.41) is 7.54. The zero-order valence-electron chi connectivity index (χ0n) is 7.16. The third-order valence-corrected chi connectivity index (χ3v) is 2.50. The average Bonchev–Trinajstić information content (AvgIpc) is 2.58. The van der Waals surface area contributed by atoms with E-state index in [4.69, 9.17) is 10.2 Å². The van der Waals surface area contributed by atoms with Crippen molar-refractivity contribution in [1.29, 1.82) is 0 Å². The Balaban J connectivity index is 2.11. The number of anilines is 1. The molecule has 0 aliphatic heterocycles. The molecule has 1 aromatic heterocycles. The molecule has 66 valence electrons. The SMILES string of the molecule is C[C@H]1CC[C@H](c2nnc(N)o2)C1. The molecule has 0 aromatic carbocycles. The fraction of sp³-hybridized carbons (Fsp3) is 0.750. The van der Waals surface area contributed by atoms with Crippen LogP contribution in [0.4, 0.5) is 6.01 Å². The normalized spacial score (nSPS) is 29.4. The van der Waals surface area contributed by atoms with E-state index in [1.54, 1.807) is 0 Å². The van der Waals surface area contributed by atoms with Crippen molar-refractivity contribution in [2.75, 3.05) is 5.73 Å². The summed E-state index contributed by atoms with van der Waals surface area (Å²) in [4.78, 5) is 0. The Morgan fingerprint density at radius 3 is 2.75 bits per heavy atom. The molecule has 2 N–H and O–H groups in total. The van der Waals surface area contributed by atoms with Gasteiger partial charge in [-0.25, -0.2) is 0 Å². The number of nitrogens with zero attached hydrogens (tertiary/aromatic N) is 2. The van der Waals surface area contributed by atoms with E-state index in [1.807, 2.05) is 0 Å². The summed E-state index contributed by atoms with van der Waals surface area (Å²) in [5.41, 5.74) is 5.34. The molecule has 12 heavy (non-hydrogen) atoms.